The van der Waals surface area contributed by atoms with Crippen LogP contribution in [0.4, 0.5) is 5.82 Å². The molecule has 8 heteroatoms. The Morgan fingerprint density at radius 1 is 1.81 bits per heavy atom. The largest absolute Gasteiger partial charge is 0.464 e. The highest BCUT2D eigenvalue weighted by Crippen LogP contribution is 2.24. The predicted octanol–water partition coefficient (Wildman–Crippen LogP) is 1.68. The molecule has 1 rings (SSSR count). The Balaban J connectivity index is 2.92. The topological polar surface area (TPSA) is 87.3 Å². The van der Waals surface area contributed by atoms with Crippen molar-refractivity contribution in [3.63, 3.8) is 0 Å². The molecule has 0 aliphatic carbocycles. The maximum atomic E-state index is 11.4. The molecule has 0 saturated carbocycles. The minimum absolute atomic E-state index is 0.230. The van der Waals surface area contributed by atoms with Crippen LogP contribution in [-0.4, -0.2) is 27.3 Å². The van der Waals surface area contributed by atoms with Gasteiger partial charge in [-0.15, -0.1) is 0 Å². The van der Waals surface area contributed by atoms with E-state index >= 15 is 0 Å². The van der Waals surface area contributed by atoms with Crippen molar-refractivity contribution in [1.82, 2.24) is 9.78 Å². The average molecular weight is 292 g/mol. The fourth-order valence-electron chi connectivity index (χ4n) is 1.05. The number of nitro groups is 1. The van der Waals surface area contributed by atoms with Crippen molar-refractivity contribution in [2.75, 3.05) is 6.61 Å². The van der Waals surface area contributed by atoms with E-state index in [0.29, 0.717) is 0 Å². The van der Waals surface area contributed by atoms with Gasteiger partial charge in [0.1, 0.15) is 4.47 Å². The molecule has 0 amide bonds. The van der Waals surface area contributed by atoms with Crippen LogP contribution in [0.15, 0.2) is 10.7 Å². The second-order valence-corrected chi connectivity index (χ2v) is 3.82. The highest BCUT2D eigenvalue weighted by molar-refractivity contribution is 9.10. The van der Waals surface area contributed by atoms with E-state index < -0.39 is 16.9 Å². The van der Waals surface area contributed by atoms with Gasteiger partial charge in [0.25, 0.3) is 0 Å². The Morgan fingerprint density at radius 2 is 2.44 bits per heavy atom. The molecule has 1 atom stereocenters. The van der Waals surface area contributed by atoms with Gasteiger partial charge in [-0.05, 0) is 34.7 Å². The Labute approximate surface area is 99.7 Å². The molecule has 7 nitrogen and oxygen atoms in total. The Hall–Kier alpha value is -1.44. The second-order valence-electron chi connectivity index (χ2n) is 2.97. The quantitative estimate of drug-likeness (QED) is 0.478. The number of carbonyl (C=O) groups is 1. The zero-order valence-corrected chi connectivity index (χ0v) is 10.3. The second kappa shape index (κ2) is 5.06. The first-order valence-electron chi connectivity index (χ1n) is 4.53. The van der Waals surface area contributed by atoms with Gasteiger partial charge in [-0.2, -0.15) is 4.68 Å². The molecule has 88 valence electrons. The van der Waals surface area contributed by atoms with Crippen molar-refractivity contribution >= 4 is 27.7 Å². The third-order valence-electron chi connectivity index (χ3n) is 1.87. The van der Waals surface area contributed by atoms with Crippen molar-refractivity contribution in [3.8, 4) is 0 Å². The van der Waals surface area contributed by atoms with Crippen molar-refractivity contribution in [2.24, 2.45) is 0 Å². The van der Waals surface area contributed by atoms with Crippen LogP contribution < -0.4 is 0 Å². The molecule has 0 aromatic carbocycles. The molecule has 1 heterocycles. The third-order valence-corrected chi connectivity index (χ3v) is 2.43. The number of esters is 1. The lowest BCUT2D eigenvalue weighted by Gasteiger charge is -2.06. The van der Waals surface area contributed by atoms with Crippen molar-refractivity contribution in [3.05, 3.63) is 20.8 Å². The molecule has 16 heavy (non-hydrogen) atoms. The van der Waals surface area contributed by atoms with Crippen molar-refractivity contribution in [1.29, 1.82) is 0 Å². The van der Waals surface area contributed by atoms with E-state index in [0.717, 1.165) is 0 Å². The van der Waals surface area contributed by atoms with Crippen LogP contribution in [0.25, 0.3) is 0 Å². The Morgan fingerprint density at radius 3 is 2.88 bits per heavy atom. The van der Waals surface area contributed by atoms with Crippen LogP contribution in [0.5, 0.6) is 0 Å². The summed E-state index contributed by atoms with van der Waals surface area (Å²) >= 11 is 3.00. The smallest absolute Gasteiger partial charge is 0.404 e. The van der Waals surface area contributed by atoms with Gasteiger partial charge in [0.2, 0.25) is 0 Å². The summed E-state index contributed by atoms with van der Waals surface area (Å²) in [5.41, 5.74) is 0. The standard InChI is InChI=1S/C8H10BrN3O4/c1-3-16-8(13)5(2)11-4-6(9)7(10-11)12(14)15/h4-5H,3H2,1-2H3. The van der Waals surface area contributed by atoms with E-state index in [-0.39, 0.29) is 16.9 Å². The summed E-state index contributed by atoms with van der Waals surface area (Å²) in [4.78, 5) is 21.3. The number of aromatic nitrogens is 2. The van der Waals surface area contributed by atoms with Crippen LogP contribution in [0, 0.1) is 10.1 Å². The first-order chi connectivity index (χ1) is 7.47. The normalized spacial score (nSPS) is 12.2. The number of rotatable bonds is 4. The molecule has 1 aromatic rings. The summed E-state index contributed by atoms with van der Waals surface area (Å²) in [5.74, 6) is -0.802. The van der Waals surface area contributed by atoms with Gasteiger partial charge in [0.15, 0.2) is 6.04 Å². The summed E-state index contributed by atoms with van der Waals surface area (Å²) in [6.45, 7) is 3.50. The number of nitrogens with zero attached hydrogens (tertiary/aromatic N) is 3. The minimum Gasteiger partial charge on any atom is -0.464 e. The van der Waals surface area contributed by atoms with Crippen LogP contribution in [0.2, 0.25) is 0 Å². The van der Waals surface area contributed by atoms with Gasteiger partial charge in [-0.25, -0.2) is 4.79 Å². The van der Waals surface area contributed by atoms with Crippen LogP contribution in [0.3, 0.4) is 0 Å². The first-order valence-corrected chi connectivity index (χ1v) is 5.32. The summed E-state index contributed by atoms with van der Waals surface area (Å²) in [6.07, 6.45) is 1.37. The predicted molar refractivity (Wildman–Crippen MR) is 57.9 cm³/mol. The fourth-order valence-corrected chi connectivity index (χ4v) is 1.49. The zero-order valence-electron chi connectivity index (χ0n) is 8.71. The number of ether oxygens (including phenoxy) is 1. The minimum atomic E-state index is -0.690. The fraction of sp³-hybridized carbons (Fsp3) is 0.500. The summed E-state index contributed by atoms with van der Waals surface area (Å²) in [7, 11) is 0. The molecule has 1 unspecified atom stereocenters. The van der Waals surface area contributed by atoms with E-state index in [1.807, 2.05) is 0 Å². The summed E-state index contributed by atoms with van der Waals surface area (Å²) in [5, 5.41) is 14.2. The molecular formula is C8H10BrN3O4. The van der Waals surface area contributed by atoms with E-state index in [1.165, 1.54) is 10.9 Å². The van der Waals surface area contributed by atoms with E-state index in [1.54, 1.807) is 13.8 Å². The molecule has 0 aliphatic heterocycles. The van der Waals surface area contributed by atoms with Gasteiger partial charge in [-0.3, -0.25) is 0 Å². The van der Waals surface area contributed by atoms with Crippen molar-refractivity contribution < 1.29 is 14.5 Å². The SMILES string of the molecule is CCOC(=O)C(C)n1cc(Br)c([N+](=O)[O-])n1. The monoisotopic (exact) mass is 291 g/mol. The lowest BCUT2D eigenvalue weighted by molar-refractivity contribution is -0.390. The summed E-state index contributed by atoms with van der Waals surface area (Å²) < 4.78 is 6.21. The first kappa shape index (κ1) is 12.6. The molecule has 0 aliphatic rings. The molecule has 0 saturated heterocycles. The van der Waals surface area contributed by atoms with Gasteiger partial charge >= 0.3 is 11.8 Å². The maximum absolute atomic E-state index is 11.4. The van der Waals surface area contributed by atoms with Crippen LogP contribution in [0.1, 0.15) is 19.9 Å². The number of carbonyl (C=O) groups excluding carboxylic acids is 1. The van der Waals surface area contributed by atoms with Gasteiger partial charge < -0.3 is 14.9 Å². The number of halogens is 1. The average Bonchev–Trinajstić information content (AvgIpc) is 2.59. The Bertz CT molecular complexity index is 417. The molecule has 1 aromatic heterocycles. The number of hydrogen-bond donors (Lipinski definition) is 0. The van der Waals surface area contributed by atoms with Gasteiger partial charge in [-0.1, -0.05) is 0 Å². The van der Waals surface area contributed by atoms with Crippen molar-refractivity contribution in [2.45, 2.75) is 19.9 Å². The molecule has 0 spiro atoms. The molecule has 0 radical (unpaired) electrons. The summed E-state index contributed by atoms with van der Waals surface area (Å²) in [6, 6.07) is -0.690. The number of hydrogen-bond acceptors (Lipinski definition) is 5. The molecular weight excluding hydrogens is 282 g/mol. The van der Waals surface area contributed by atoms with E-state index in [9.17, 15) is 14.9 Å². The maximum Gasteiger partial charge on any atom is 0.404 e. The lowest BCUT2D eigenvalue weighted by Crippen LogP contribution is -2.19. The highest BCUT2D eigenvalue weighted by atomic mass is 79.9. The molecule has 0 N–H and O–H groups in total. The molecule has 0 fully saturated rings. The van der Waals surface area contributed by atoms with E-state index in [4.69, 9.17) is 4.74 Å². The third kappa shape index (κ3) is 2.57. The van der Waals surface area contributed by atoms with Gasteiger partial charge in [0, 0.05) is 0 Å². The lowest BCUT2D eigenvalue weighted by atomic mass is 10.3. The highest BCUT2D eigenvalue weighted by Gasteiger charge is 2.25. The molecule has 0 bridgehead atoms. The van der Waals surface area contributed by atoms with E-state index in [2.05, 4.69) is 21.0 Å². The van der Waals surface area contributed by atoms with Crippen LogP contribution >= 0.6 is 15.9 Å². The Kier molecular flexibility index (Phi) is 3.99. The zero-order chi connectivity index (χ0) is 12.3. The van der Waals surface area contributed by atoms with Gasteiger partial charge in [0.05, 0.1) is 17.9 Å². The van der Waals surface area contributed by atoms with Crippen LogP contribution in [-0.2, 0) is 9.53 Å².